The van der Waals surface area contributed by atoms with Gasteiger partial charge in [0.1, 0.15) is 5.76 Å². The van der Waals surface area contributed by atoms with Gasteiger partial charge in [0.05, 0.1) is 5.56 Å². The van der Waals surface area contributed by atoms with Crippen LogP contribution in [0, 0.1) is 0 Å². The number of aromatic amines is 1. The van der Waals surface area contributed by atoms with Gasteiger partial charge in [-0.3, -0.25) is 4.79 Å². The molecule has 3 aromatic rings. The molecule has 4 heteroatoms. The first kappa shape index (κ1) is 18.5. The summed E-state index contributed by atoms with van der Waals surface area (Å²) in [6, 6.07) is 21.2. The van der Waals surface area contributed by atoms with Crippen LogP contribution < -0.4 is 10.9 Å². The monoisotopic (exact) mass is 374 g/mol. The van der Waals surface area contributed by atoms with Gasteiger partial charge in [0.2, 0.25) is 0 Å². The van der Waals surface area contributed by atoms with E-state index in [0.717, 1.165) is 50.0 Å². The Morgan fingerprint density at radius 1 is 1.07 bits per heavy atom. The lowest BCUT2D eigenvalue weighted by Crippen LogP contribution is -2.29. The van der Waals surface area contributed by atoms with Crippen LogP contribution in [0.25, 0.3) is 5.57 Å². The van der Waals surface area contributed by atoms with Crippen LogP contribution in [0.15, 0.2) is 76.1 Å². The van der Waals surface area contributed by atoms with E-state index in [2.05, 4.69) is 65.1 Å². The number of aromatic nitrogens is 1. The number of benzene rings is 2. The molecule has 0 fully saturated rings. The zero-order valence-corrected chi connectivity index (χ0v) is 16.0. The van der Waals surface area contributed by atoms with Gasteiger partial charge in [0.15, 0.2) is 0 Å². The highest BCUT2D eigenvalue weighted by molar-refractivity contribution is 5.79. The van der Waals surface area contributed by atoms with Gasteiger partial charge >= 0.3 is 0 Å². The standard InChI is InChI=1S/C24H26N2O2/c27-24-23-21(15-9-16-22(23)28-26-24)25-17-8-7-14-20(18-10-3-1-4-11-18)19-12-5-2-6-13-19/h1-6,10-14,21,25H,7-9,15-17H2,(H,26,27). The average molecular weight is 374 g/mol. The van der Waals surface area contributed by atoms with Crippen molar-refractivity contribution in [2.75, 3.05) is 6.54 Å². The number of hydrogen-bond donors (Lipinski definition) is 2. The molecule has 0 aliphatic heterocycles. The molecular weight excluding hydrogens is 348 g/mol. The van der Waals surface area contributed by atoms with Gasteiger partial charge in [-0.2, -0.15) is 5.16 Å². The van der Waals surface area contributed by atoms with Gasteiger partial charge in [0.25, 0.3) is 5.56 Å². The lowest BCUT2D eigenvalue weighted by Gasteiger charge is -2.21. The van der Waals surface area contributed by atoms with Gasteiger partial charge in [-0.15, -0.1) is 0 Å². The highest BCUT2D eigenvalue weighted by atomic mass is 16.5. The highest BCUT2D eigenvalue weighted by Gasteiger charge is 2.26. The van der Waals surface area contributed by atoms with E-state index in [1.54, 1.807) is 0 Å². The second kappa shape index (κ2) is 8.89. The Bertz CT molecular complexity index is 929. The number of unbranched alkanes of at least 4 members (excludes halogenated alkanes) is 1. The normalized spacial score (nSPS) is 15.8. The van der Waals surface area contributed by atoms with Crippen LogP contribution in [-0.4, -0.2) is 11.7 Å². The van der Waals surface area contributed by atoms with Gasteiger partial charge in [0, 0.05) is 12.5 Å². The molecule has 2 aromatic carbocycles. The first-order valence-electron chi connectivity index (χ1n) is 10.1. The van der Waals surface area contributed by atoms with Gasteiger partial charge < -0.3 is 9.84 Å². The van der Waals surface area contributed by atoms with Crippen molar-refractivity contribution in [1.82, 2.24) is 10.5 Å². The minimum absolute atomic E-state index is 0.0810. The summed E-state index contributed by atoms with van der Waals surface area (Å²) in [4.78, 5) is 12.0. The van der Waals surface area contributed by atoms with E-state index in [0.29, 0.717) is 0 Å². The van der Waals surface area contributed by atoms with Crippen molar-refractivity contribution in [1.29, 1.82) is 0 Å². The quantitative estimate of drug-likeness (QED) is 0.582. The molecule has 28 heavy (non-hydrogen) atoms. The molecule has 4 rings (SSSR count). The summed E-state index contributed by atoms with van der Waals surface area (Å²) in [7, 11) is 0. The summed E-state index contributed by atoms with van der Waals surface area (Å²) >= 11 is 0. The third kappa shape index (κ3) is 4.18. The highest BCUT2D eigenvalue weighted by Crippen LogP contribution is 2.27. The lowest BCUT2D eigenvalue weighted by molar-refractivity contribution is 0.353. The molecule has 0 spiro atoms. The van der Waals surface area contributed by atoms with Gasteiger partial charge in [-0.25, -0.2) is 0 Å². The fraction of sp³-hybridized carbons (Fsp3) is 0.292. The summed E-state index contributed by atoms with van der Waals surface area (Å²) in [6.07, 6.45) is 7.22. The molecule has 1 aliphatic rings. The Kier molecular flexibility index (Phi) is 5.88. The fourth-order valence-corrected chi connectivity index (χ4v) is 3.96. The van der Waals surface area contributed by atoms with Crippen molar-refractivity contribution >= 4 is 5.57 Å². The minimum atomic E-state index is -0.0810. The number of fused-ring (bicyclic) bond motifs is 1. The second-order valence-corrected chi connectivity index (χ2v) is 7.26. The van der Waals surface area contributed by atoms with E-state index in [-0.39, 0.29) is 11.6 Å². The Morgan fingerprint density at radius 3 is 2.43 bits per heavy atom. The third-order valence-electron chi connectivity index (χ3n) is 5.35. The van der Waals surface area contributed by atoms with E-state index in [9.17, 15) is 4.79 Å². The van der Waals surface area contributed by atoms with Crippen molar-refractivity contribution in [3.8, 4) is 0 Å². The molecule has 0 saturated heterocycles. The molecule has 2 N–H and O–H groups in total. The van der Waals surface area contributed by atoms with Crippen molar-refractivity contribution in [3.63, 3.8) is 0 Å². The second-order valence-electron chi connectivity index (χ2n) is 7.26. The molecule has 0 bridgehead atoms. The molecule has 0 amide bonds. The average Bonchev–Trinajstić information content (AvgIpc) is 3.14. The molecule has 1 atom stereocenters. The fourth-order valence-electron chi connectivity index (χ4n) is 3.96. The predicted octanol–water partition coefficient (Wildman–Crippen LogP) is 4.85. The van der Waals surface area contributed by atoms with Crippen LogP contribution in [0.1, 0.15) is 54.2 Å². The molecule has 0 radical (unpaired) electrons. The minimum Gasteiger partial charge on any atom is -0.383 e. The summed E-state index contributed by atoms with van der Waals surface area (Å²) in [5, 5.41) is 6.03. The Morgan fingerprint density at radius 2 is 1.75 bits per heavy atom. The summed E-state index contributed by atoms with van der Waals surface area (Å²) in [5.41, 5.74) is 4.47. The number of hydrogen-bond acceptors (Lipinski definition) is 3. The third-order valence-corrected chi connectivity index (χ3v) is 5.35. The first-order chi connectivity index (χ1) is 13.8. The molecule has 1 aromatic heterocycles. The lowest BCUT2D eigenvalue weighted by atomic mass is 9.93. The van der Waals surface area contributed by atoms with Crippen LogP contribution in [0.2, 0.25) is 0 Å². The number of allylic oxidation sites excluding steroid dienone is 1. The van der Waals surface area contributed by atoms with Crippen molar-refractivity contribution in [2.24, 2.45) is 0 Å². The summed E-state index contributed by atoms with van der Waals surface area (Å²) in [6.45, 7) is 0.877. The van der Waals surface area contributed by atoms with Crippen LogP contribution in [0.4, 0.5) is 0 Å². The van der Waals surface area contributed by atoms with Crippen LogP contribution in [0.3, 0.4) is 0 Å². The van der Waals surface area contributed by atoms with Crippen LogP contribution >= 0.6 is 0 Å². The molecule has 144 valence electrons. The molecule has 0 saturated carbocycles. The first-order valence-corrected chi connectivity index (χ1v) is 10.1. The summed E-state index contributed by atoms with van der Waals surface area (Å²) < 4.78 is 5.29. The molecular formula is C24H26N2O2. The number of nitrogens with one attached hydrogen (secondary N) is 2. The number of H-pyrrole nitrogens is 1. The molecule has 4 nitrogen and oxygen atoms in total. The van der Waals surface area contributed by atoms with Crippen molar-refractivity contribution in [2.45, 2.75) is 38.1 Å². The van der Waals surface area contributed by atoms with E-state index < -0.39 is 0 Å². The Hall–Kier alpha value is -2.85. The van der Waals surface area contributed by atoms with Crippen LogP contribution in [0.5, 0.6) is 0 Å². The van der Waals surface area contributed by atoms with Gasteiger partial charge in [-0.05, 0) is 48.9 Å². The Labute approximate surface area is 165 Å². The predicted molar refractivity (Wildman–Crippen MR) is 112 cm³/mol. The van der Waals surface area contributed by atoms with Crippen LogP contribution in [-0.2, 0) is 6.42 Å². The zero-order valence-electron chi connectivity index (χ0n) is 16.0. The largest absolute Gasteiger partial charge is 0.383 e. The molecule has 1 unspecified atom stereocenters. The van der Waals surface area contributed by atoms with E-state index in [1.807, 2.05) is 12.1 Å². The summed E-state index contributed by atoms with van der Waals surface area (Å²) in [5.74, 6) is 0.823. The molecule has 1 aliphatic carbocycles. The van der Waals surface area contributed by atoms with Crippen molar-refractivity contribution in [3.05, 3.63) is 99.5 Å². The maximum absolute atomic E-state index is 12.0. The van der Waals surface area contributed by atoms with E-state index in [4.69, 9.17) is 4.52 Å². The topological polar surface area (TPSA) is 58.0 Å². The number of rotatable bonds is 7. The number of aryl methyl sites for hydroxylation is 1. The smallest absolute Gasteiger partial charge is 0.284 e. The van der Waals surface area contributed by atoms with Gasteiger partial charge in [-0.1, -0.05) is 66.7 Å². The van der Waals surface area contributed by atoms with E-state index >= 15 is 0 Å². The maximum atomic E-state index is 12.0. The maximum Gasteiger partial charge on any atom is 0.284 e. The molecule has 1 heterocycles. The Balaban J connectivity index is 1.39. The van der Waals surface area contributed by atoms with Crippen molar-refractivity contribution < 1.29 is 4.52 Å². The SMILES string of the molecule is O=c1[nH]oc2c1C(NCCCC=C(c1ccccc1)c1ccccc1)CCC2. The zero-order chi connectivity index (χ0) is 19.2. The van der Waals surface area contributed by atoms with E-state index in [1.165, 1.54) is 16.7 Å².